The predicted molar refractivity (Wildman–Crippen MR) is 67.7 cm³/mol. The van der Waals surface area contributed by atoms with E-state index in [1.807, 2.05) is 0 Å². The normalized spacial score (nSPS) is 8.40. The van der Waals surface area contributed by atoms with Gasteiger partial charge in [-0.1, -0.05) is 0 Å². The van der Waals surface area contributed by atoms with Crippen molar-refractivity contribution in [2.24, 2.45) is 0 Å². The molecule has 0 heterocycles. The molecular weight excluding hydrogens is 420 g/mol. The largest absolute Gasteiger partial charge is 0.316 e. The second-order valence-corrected chi connectivity index (χ2v) is 4.07. The first kappa shape index (κ1) is 43.5. The Kier molecular flexibility index (Phi) is 39.9. The minimum atomic E-state index is -5.24. The minimum absolute atomic E-state index is 0. The Morgan fingerprint density at radius 1 is 0.700 bits per heavy atom. The van der Waals surface area contributed by atoms with Crippen LogP contribution in [0.5, 0.6) is 0 Å². The first-order valence-electron chi connectivity index (χ1n) is 2.60. The fourth-order valence-corrected chi connectivity index (χ4v) is 0.872. The van der Waals surface area contributed by atoms with Gasteiger partial charge in [0.15, 0.2) is 0 Å². The molecule has 0 saturated heterocycles. The molecule has 0 saturated carbocycles. The molecule has 0 spiro atoms. The third kappa shape index (κ3) is 29.1. The third-order valence-electron chi connectivity index (χ3n) is 0.570. The van der Waals surface area contributed by atoms with Gasteiger partial charge in [0.1, 0.15) is 0 Å². The summed E-state index contributed by atoms with van der Waals surface area (Å²) < 4.78 is 26.2. The molecule has 0 aliphatic heterocycles. The number of rotatable bonds is 2. The zero-order chi connectivity index (χ0) is 11.6. The fourth-order valence-electron chi connectivity index (χ4n) is 0.291. The van der Waals surface area contributed by atoms with E-state index in [0.29, 0.717) is 0 Å². The summed E-state index contributed by atoms with van der Waals surface area (Å²) in [4.78, 5) is 52.6. The molecule has 4 N–H and O–H groups in total. The monoisotopic (exact) mass is 430 g/mol. The number of phosphoric ester groups is 2. The first-order valence-corrected chi connectivity index (χ1v) is 5.66. The van der Waals surface area contributed by atoms with Crippen LogP contribution in [0.25, 0.3) is 0 Å². The van der Waals surface area contributed by atoms with E-state index in [-0.39, 0.29) is 118 Å². The van der Waals surface area contributed by atoms with Crippen LogP contribution >= 0.6 is 15.6 Å². The van der Waals surface area contributed by atoms with Crippen LogP contribution in [0, 0.1) is 0 Å². The summed E-state index contributed by atoms with van der Waals surface area (Å²) in [6, 6.07) is 0. The van der Waals surface area contributed by atoms with Gasteiger partial charge in [0.25, 0.3) is 0 Å². The van der Waals surface area contributed by atoms with Crippen molar-refractivity contribution in [3.63, 3.8) is 0 Å². The van der Waals surface area contributed by atoms with E-state index in [1.54, 1.807) is 0 Å². The van der Waals surface area contributed by atoms with Gasteiger partial charge in [0, 0.05) is 34.1 Å². The summed E-state index contributed by atoms with van der Waals surface area (Å²) in [7, 11) is -10.5. The van der Waals surface area contributed by atoms with E-state index in [4.69, 9.17) is 19.6 Å². The van der Waals surface area contributed by atoms with Gasteiger partial charge in [-0.05, 0) is 0 Å². The van der Waals surface area contributed by atoms with Crippen molar-refractivity contribution in [1.29, 1.82) is 0 Å². The van der Waals surface area contributed by atoms with E-state index in [9.17, 15) is 18.7 Å². The molecule has 10 nitrogen and oxygen atoms in total. The zero-order valence-electron chi connectivity index (χ0n) is 6.84. The predicted octanol–water partition coefficient (Wildman–Crippen LogP) is -4.88. The van der Waals surface area contributed by atoms with E-state index in [0.717, 1.165) is 0 Å². The molecule has 110 valence electrons. The average Bonchev–Trinajstić information content (AvgIpc) is 1.78. The van der Waals surface area contributed by atoms with Crippen LogP contribution in [-0.4, -0.2) is 115 Å². The summed E-state index contributed by atoms with van der Waals surface area (Å²) in [5, 5.41) is 0. The van der Waals surface area contributed by atoms with Gasteiger partial charge in [0.2, 0.25) is 0 Å². The molecule has 0 rings (SSSR count). The van der Waals surface area contributed by atoms with Crippen molar-refractivity contribution >= 4 is 111 Å². The number of carbonyl (C=O) groups is 2. The van der Waals surface area contributed by atoms with Gasteiger partial charge in [-0.15, -0.1) is 0 Å². The standard InChI is InChI=1S/C2H4O10P2.2Fe.2Li.2Mg.6H/c3-1(11-13(5,6)7)2(4)12-14(8,9)10;;;;;;;;;;;;/h(H2,5,6,7)(H2,8,9,10);;;;;;;;;;;;. The van der Waals surface area contributed by atoms with Gasteiger partial charge in [-0.3, -0.25) is 19.6 Å². The van der Waals surface area contributed by atoms with Crippen LogP contribution in [0.2, 0.25) is 0 Å². The second kappa shape index (κ2) is 18.3. The van der Waals surface area contributed by atoms with Crippen LogP contribution in [-0.2, 0) is 61.9 Å². The van der Waals surface area contributed by atoms with Crippen molar-refractivity contribution in [3.05, 3.63) is 0 Å². The van der Waals surface area contributed by atoms with Crippen LogP contribution in [0.15, 0.2) is 0 Å². The molecule has 0 aromatic heterocycles. The third-order valence-corrected chi connectivity index (χ3v) is 1.38. The van der Waals surface area contributed by atoms with Crippen LogP contribution in [0.3, 0.4) is 0 Å². The summed E-state index contributed by atoms with van der Waals surface area (Å²) in [6.07, 6.45) is 0. The first-order chi connectivity index (χ1) is 6.01. The maximum atomic E-state index is 10.3. The number of hydrogen-bond donors (Lipinski definition) is 4. The van der Waals surface area contributed by atoms with Gasteiger partial charge >= 0.3 is 111 Å². The Morgan fingerprint density at radius 3 is 0.950 bits per heavy atom. The van der Waals surface area contributed by atoms with E-state index in [2.05, 4.69) is 9.05 Å². The van der Waals surface area contributed by atoms with Crippen LogP contribution in [0.4, 0.5) is 0 Å². The smallest absolute Gasteiger partial charge is 0.316 e. The maximum Gasteiger partial charge on any atom is 0.316 e. The van der Waals surface area contributed by atoms with Gasteiger partial charge < -0.3 is 9.05 Å². The Labute approximate surface area is 190 Å². The van der Waals surface area contributed by atoms with Gasteiger partial charge in [-0.25, -0.2) is 18.7 Å². The molecule has 18 heteroatoms. The Morgan fingerprint density at radius 2 is 0.850 bits per heavy atom. The van der Waals surface area contributed by atoms with Crippen molar-refractivity contribution < 1.29 is 81.5 Å². The van der Waals surface area contributed by atoms with E-state index < -0.39 is 27.6 Å². The second-order valence-electron chi connectivity index (χ2n) is 1.74. The average molecular weight is 430 g/mol. The molecular formula is C2H10Fe2Li2Mg2O10P2. The number of phosphoric acid groups is 2. The summed E-state index contributed by atoms with van der Waals surface area (Å²) in [5.74, 6) is -4.41. The molecule has 0 aliphatic carbocycles. The van der Waals surface area contributed by atoms with Crippen molar-refractivity contribution in [3.8, 4) is 0 Å². The Balaban J connectivity index is -0.0000000563. The van der Waals surface area contributed by atoms with Crippen molar-refractivity contribution in [2.45, 2.75) is 0 Å². The summed E-state index contributed by atoms with van der Waals surface area (Å²) in [6.45, 7) is 0. The number of hydrogen-bond acceptors (Lipinski definition) is 6. The van der Waals surface area contributed by atoms with Crippen molar-refractivity contribution in [1.82, 2.24) is 0 Å². The van der Waals surface area contributed by atoms with Crippen molar-refractivity contribution in [2.75, 3.05) is 0 Å². The SMILES string of the molecule is O=C(OP(=O)(O)O)C(=O)OP(=O)(O)O.[Fe].[Fe].[LiH].[LiH].[MgH2].[MgH2]. The summed E-state index contributed by atoms with van der Waals surface area (Å²) >= 11 is 0. The molecule has 0 bridgehead atoms. The molecule has 0 amide bonds. The molecule has 0 atom stereocenters. The van der Waals surface area contributed by atoms with E-state index >= 15 is 0 Å². The minimum Gasteiger partial charge on any atom is 0.316 e. The topological polar surface area (TPSA) is 168 Å². The molecule has 0 aromatic rings. The molecule has 20 heavy (non-hydrogen) atoms. The molecule has 0 unspecified atom stereocenters. The molecule has 0 fully saturated rings. The Bertz CT molecular complexity index is 323. The zero-order valence-corrected chi connectivity index (χ0v) is 10.8. The van der Waals surface area contributed by atoms with Crippen LogP contribution < -0.4 is 0 Å². The van der Waals surface area contributed by atoms with Gasteiger partial charge in [0.05, 0.1) is 0 Å². The van der Waals surface area contributed by atoms with Gasteiger partial charge in [-0.2, -0.15) is 0 Å². The molecule has 0 radical (unpaired) electrons. The summed E-state index contributed by atoms with van der Waals surface area (Å²) in [5.41, 5.74) is 0. The fraction of sp³-hybridized carbons (Fsp3) is 0. The maximum absolute atomic E-state index is 10.3. The van der Waals surface area contributed by atoms with E-state index in [1.165, 1.54) is 0 Å². The molecule has 0 aromatic carbocycles. The number of carbonyl (C=O) groups excluding carboxylic acids is 2. The van der Waals surface area contributed by atoms with Crippen LogP contribution in [0.1, 0.15) is 0 Å². The Hall–Kier alpha value is 3.01. The quantitative estimate of drug-likeness (QED) is 0.189. The molecule has 0 aliphatic rings.